The van der Waals surface area contributed by atoms with Gasteiger partial charge in [-0.25, -0.2) is 4.98 Å². The second kappa shape index (κ2) is 13.3. The first kappa shape index (κ1) is 26.1. The van der Waals surface area contributed by atoms with E-state index in [4.69, 9.17) is 10.5 Å². The number of aromatic nitrogens is 1. The van der Waals surface area contributed by atoms with E-state index in [1.165, 1.54) is 5.56 Å². The Labute approximate surface area is 218 Å². The van der Waals surface area contributed by atoms with E-state index in [0.29, 0.717) is 36.1 Å². The van der Waals surface area contributed by atoms with Crippen molar-refractivity contribution in [3.8, 4) is 0 Å². The van der Waals surface area contributed by atoms with E-state index in [1.807, 2.05) is 48.5 Å². The summed E-state index contributed by atoms with van der Waals surface area (Å²) in [5, 5.41) is 6.37. The first-order valence-electron chi connectivity index (χ1n) is 12.6. The van der Waals surface area contributed by atoms with E-state index in [9.17, 15) is 4.79 Å². The van der Waals surface area contributed by atoms with E-state index in [1.54, 1.807) is 18.3 Å². The Hall–Kier alpha value is -4.00. The van der Waals surface area contributed by atoms with Gasteiger partial charge in [-0.15, -0.1) is 0 Å². The first-order valence-corrected chi connectivity index (χ1v) is 12.6. The molecule has 0 fully saturated rings. The summed E-state index contributed by atoms with van der Waals surface area (Å²) in [4.78, 5) is 16.6. The van der Waals surface area contributed by atoms with Gasteiger partial charge in [0.1, 0.15) is 12.0 Å². The molecule has 4 N–H and O–H groups in total. The van der Waals surface area contributed by atoms with Crippen LogP contribution in [0.3, 0.4) is 0 Å². The fourth-order valence-electron chi connectivity index (χ4n) is 4.09. The molecule has 0 saturated carbocycles. The van der Waals surface area contributed by atoms with Crippen LogP contribution in [-0.2, 0) is 17.9 Å². The number of anilines is 2. The first-order chi connectivity index (χ1) is 18.1. The molecule has 0 saturated heterocycles. The highest BCUT2D eigenvalue weighted by atomic mass is 16.5. The van der Waals surface area contributed by atoms with E-state index in [-0.39, 0.29) is 12.1 Å². The number of benzene rings is 3. The van der Waals surface area contributed by atoms with E-state index in [2.05, 4.69) is 58.9 Å². The zero-order valence-corrected chi connectivity index (χ0v) is 21.1. The second-order valence-corrected chi connectivity index (χ2v) is 9.14. The van der Waals surface area contributed by atoms with Crippen molar-refractivity contribution < 1.29 is 9.53 Å². The molecule has 190 valence electrons. The number of hydrogen-bond acceptors (Lipinski definition) is 5. The minimum absolute atomic E-state index is 0.0945. The third kappa shape index (κ3) is 8.00. The van der Waals surface area contributed by atoms with Crippen LogP contribution in [0.1, 0.15) is 52.7 Å². The quantitative estimate of drug-likeness (QED) is 0.206. The van der Waals surface area contributed by atoms with Gasteiger partial charge in [0.2, 0.25) is 0 Å². The largest absolute Gasteiger partial charge is 0.382 e. The van der Waals surface area contributed by atoms with Crippen molar-refractivity contribution in [3.63, 3.8) is 0 Å². The number of nitrogens with two attached hydrogens (primary N) is 1. The molecule has 4 aromatic rings. The highest BCUT2D eigenvalue weighted by molar-refractivity contribution is 6.05. The van der Waals surface area contributed by atoms with Gasteiger partial charge in [0.25, 0.3) is 5.91 Å². The highest BCUT2D eigenvalue weighted by Gasteiger charge is 2.14. The Morgan fingerprint density at radius 3 is 2.27 bits per heavy atom. The van der Waals surface area contributed by atoms with Crippen LogP contribution in [0.15, 0.2) is 103 Å². The number of carbonyl (C=O) groups is 1. The number of nitrogens with one attached hydrogen (secondary N) is 2. The summed E-state index contributed by atoms with van der Waals surface area (Å²) in [7, 11) is 0. The fraction of sp³-hybridized carbons (Fsp3) is 0.226. The van der Waals surface area contributed by atoms with Crippen LogP contribution < -0.4 is 16.4 Å². The summed E-state index contributed by atoms with van der Waals surface area (Å²) in [6.07, 6.45) is 3.39. The van der Waals surface area contributed by atoms with Crippen LogP contribution >= 0.6 is 0 Å². The number of ether oxygens (including phenoxy) is 1. The number of nitrogens with zero attached hydrogens (tertiary/aromatic N) is 1. The number of carbonyl (C=O) groups excluding carboxylic acids is 1. The maximum absolute atomic E-state index is 12.6. The molecular weight excluding hydrogens is 460 g/mol. The number of hydrogen-bond donors (Lipinski definition) is 3. The summed E-state index contributed by atoms with van der Waals surface area (Å²) in [5.74, 6) is 0.510. The monoisotopic (exact) mass is 494 g/mol. The maximum Gasteiger partial charge on any atom is 0.255 e. The predicted octanol–water partition coefficient (Wildman–Crippen LogP) is 6.13. The molecule has 1 heterocycles. The number of nitrogen functional groups attached to an aromatic ring is 1. The van der Waals surface area contributed by atoms with Gasteiger partial charge in [0, 0.05) is 18.3 Å². The highest BCUT2D eigenvalue weighted by Crippen LogP contribution is 2.22. The summed E-state index contributed by atoms with van der Waals surface area (Å²) in [6, 6.07) is 31.8. The number of amides is 1. The van der Waals surface area contributed by atoms with Crippen LogP contribution in [-0.4, -0.2) is 17.1 Å². The molecule has 0 aliphatic rings. The standard InChI is InChI=1S/C31H34N4O2/c1-23(26-11-6-3-7-12-26)14-19-29(37-22-25-9-4-2-5-10-25)34-21-24-15-17-27(18-16-24)31(36)35-28-13-8-20-33-30(28)32/h2-13,15-18,20,23,29,34H,14,19,21-22H2,1H3,(H2,32,33)(H,35,36). The van der Waals surface area contributed by atoms with Crippen LogP contribution in [0, 0.1) is 0 Å². The number of pyridine rings is 1. The molecule has 2 atom stereocenters. The molecule has 0 bridgehead atoms. The minimum atomic E-state index is -0.224. The van der Waals surface area contributed by atoms with Crippen LogP contribution in [0.4, 0.5) is 11.5 Å². The normalized spacial score (nSPS) is 12.6. The lowest BCUT2D eigenvalue weighted by molar-refractivity contribution is 0.00872. The lowest BCUT2D eigenvalue weighted by Gasteiger charge is -2.22. The van der Waals surface area contributed by atoms with E-state index < -0.39 is 0 Å². The lowest BCUT2D eigenvalue weighted by Crippen LogP contribution is -2.31. The fourth-order valence-corrected chi connectivity index (χ4v) is 4.09. The molecule has 1 amide bonds. The Morgan fingerprint density at radius 1 is 0.865 bits per heavy atom. The average molecular weight is 495 g/mol. The van der Waals surface area contributed by atoms with Gasteiger partial charge in [-0.3, -0.25) is 10.1 Å². The molecule has 0 radical (unpaired) electrons. The Morgan fingerprint density at radius 2 is 1.57 bits per heavy atom. The van der Waals surface area contributed by atoms with Crippen molar-refractivity contribution in [2.75, 3.05) is 11.1 Å². The minimum Gasteiger partial charge on any atom is -0.382 e. The molecule has 0 spiro atoms. The summed E-state index contributed by atoms with van der Waals surface area (Å²) >= 11 is 0. The Bertz CT molecular complexity index is 1250. The molecule has 3 aromatic carbocycles. The molecule has 2 unspecified atom stereocenters. The molecule has 37 heavy (non-hydrogen) atoms. The summed E-state index contributed by atoms with van der Waals surface area (Å²) in [6.45, 7) is 3.44. The van der Waals surface area contributed by atoms with E-state index in [0.717, 1.165) is 24.0 Å². The number of rotatable bonds is 12. The maximum atomic E-state index is 12.6. The zero-order chi connectivity index (χ0) is 25.9. The molecule has 4 rings (SSSR count). The molecule has 6 nitrogen and oxygen atoms in total. The van der Waals surface area contributed by atoms with Gasteiger partial charge in [-0.05, 0) is 59.7 Å². The SMILES string of the molecule is CC(CCC(NCc1ccc(C(=O)Nc2cccnc2N)cc1)OCc1ccccc1)c1ccccc1. The van der Waals surface area contributed by atoms with Crippen molar-refractivity contribution in [3.05, 3.63) is 126 Å². The van der Waals surface area contributed by atoms with Gasteiger partial charge in [0.15, 0.2) is 0 Å². The van der Waals surface area contributed by atoms with Crippen molar-refractivity contribution in [2.45, 2.75) is 45.1 Å². The third-order valence-corrected chi connectivity index (χ3v) is 6.36. The molecule has 0 aliphatic carbocycles. The van der Waals surface area contributed by atoms with Gasteiger partial charge in [0.05, 0.1) is 12.3 Å². The van der Waals surface area contributed by atoms with Crippen molar-refractivity contribution >= 4 is 17.4 Å². The molecular formula is C31H34N4O2. The Kier molecular flexibility index (Phi) is 9.41. The molecule has 0 aliphatic heterocycles. The summed E-state index contributed by atoms with van der Waals surface area (Å²) in [5.41, 5.74) is 10.4. The summed E-state index contributed by atoms with van der Waals surface area (Å²) < 4.78 is 6.28. The molecule has 1 aromatic heterocycles. The van der Waals surface area contributed by atoms with Crippen molar-refractivity contribution in [1.82, 2.24) is 10.3 Å². The molecule has 6 heteroatoms. The van der Waals surface area contributed by atoms with Gasteiger partial charge >= 0.3 is 0 Å². The van der Waals surface area contributed by atoms with Crippen LogP contribution in [0.2, 0.25) is 0 Å². The third-order valence-electron chi connectivity index (χ3n) is 6.36. The van der Waals surface area contributed by atoms with Crippen LogP contribution in [0.5, 0.6) is 0 Å². The predicted molar refractivity (Wildman–Crippen MR) is 149 cm³/mol. The average Bonchev–Trinajstić information content (AvgIpc) is 2.95. The van der Waals surface area contributed by atoms with Gasteiger partial charge < -0.3 is 15.8 Å². The zero-order valence-electron chi connectivity index (χ0n) is 21.1. The smallest absolute Gasteiger partial charge is 0.255 e. The van der Waals surface area contributed by atoms with Crippen molar-refractivity contribution in [1.29, 1.82) is 0 Å². The Balaban J connectivity index is 1.34. The van der Waals surface area contributed by atoms with Crippen LogP contribution in [0.25, 0.3) is 0 Å². The van der Waals surface area contributed by atoms with Gasteiger partial charge in [-0.1, -0.05) is 79.7 Å². The van der Waals surface area contributed by atoms with Crippen molar-refractivity contribution in [2.24, 2.45) is 0 Å². The van der Waals surface area contributed by atoms with Gasteiger partial charge in [-0.2, -0.15) is 0 Å². The van der Waals surface area contributed by atoms with E-state index >= 15 is 0 Å². The second-order valence-electron chi connectivity index (χ2n) is 9.14. The lowest BCUT2D eigenvalue weighted by atomic mass is 9.96. The topological polar surface area (TPSA) is 89.3 Å².